The van der Waals surface area contributed by atoms with Gasteiger partial charge in [-0.25, -0.2) is 0 Å². The zero-order chi connectivity index (χ0) is 23.4. The predicted octanol–water partition coefficient (Wildman–Crippen LogP) is 2.79. The second-order valence-electron chi connectivity index (χ2n) is 7.93. The van der Waals surface area contributed by atoms with Crippen LogP contribution in [-0.2, 0) is 5.41 Å². The highest BCUT2D eigenvalue weighted by atomic mass is 19.4. The second-order valence-corrected chi connectivity index (χ2v) is 7.93. The Kier molecular flexibility index (Phi) is 5.44. The molecular formula is C20H22F6N4O. The summed E-state index contributed by atoms with van der Waals surface area (Å²) in [6.45, 7) is 0. The molecule has 3 rings (SSSR count). The van der Waals surface area contributed by atoms with E-state index < -0.39 is 58.9 Å². The molecule has 0 heterocycles. The quantitative estimate of drug-likeness (QED) is 0.357. The highest BCUT2D eigenvalue weighted by molar-refractivity contribution is 5.51. The molecule has 170 valence electrons. The minimum atomic E-state index is -5.40. The van der Waals surface area contributed by atoms with E-state index in [1.54, 1.807) is 0 Å². The highest BCUT2D eigenvalue weighted by Gasteiger charge is 2.76. The first-order valence-corrected chi connectivity index (χ1v) is 9.23. The van der Waals surface area contributed by atoms with E-state index >= 15 is 0 Å². The van der Waals surface area contributed by atoms with Gasteiger partial charge in [-0.05, 0) is 41.8 Å². The van der Waals surface area contributed by atoms with E-state index in [1.807, 2.05) is 0 Å². The summed E-state index contributed by atoms with van der Waals surface area (Å²) in [6, 6.07) is 6.88. The van der Waals surface area contributed by atoms with Crippen molar-refractivity contribution in [3.8, 4) is 0 Å². The lowest BCUT2D eigenvalue weighted by Gasteiger charge is -2.58. The van der Waals surface area contributed by atoms with Crippen molar-refractivity contribution in [3.63, 3.8) is 0 Å². The summed E-state index contributed by atoms with van der Waals surface area (Å²) >= 11 is 0. The normalized spacial score (nSPS) is 32.1. The van der Waals surface area contributed by atoms with Gasteiger partial charge in [0, 0.05) is 17.3 Å². The number of aliphatic hydroxyl groups is 1. The van der Waals surface area contributed by atoms with Crippen LogP contribution in [0, 0.1) is 0 Å². The van der Waals surface area contributed by atoms with Gasteiger partial charge < -0.3 is 28.0 Å². The average Bonchev–Trinajstić information content (AvgIpc) is 2.63. The molecule has 1 aliphatic carbocycles. The van der Waals surface area contributed by atoms with Gasteiger partial charge in [0.15, 0.2) is 0 Å². The van der Waals surface area contributed by atoms with Crippen LogP contribution >= 0.6 is 0 Å². The fourth-order valence-corrected chi connectivity index (χ4v) is 4.69. The van der Waals surface area contributed by atoms with Crippen molar-refractivity contribution in [2.45, 2.75) is 47.8 Å². The number of nitrogen functional groups attached to an aromatic ring is 2. The van der Waals surface area contributed by atoms with Gasteiger partial charge in [0.2, 0.25) is 0 Å². The maximum Gasteiger partial charge on any atom is 0.408 e. The summed E-state index contributed by atoms with van der Waals surface area (Å²) in [5.74, 6) is -2.45. The molecule has 9 N–H and O–H groups in total. The molecule has 0 spiro atoms. The Morgan fingerprint density at radius 2 is 1.42 bits per heavy atom. The van der Waals surface area contributed by atoms with E-state index in [-0.39, 0.29) is 11.4 Å². The molecule has 1 saturated carbocycles. The molecule has 2 aromatic carbocycles. The molecule has 1 aliphatic rings. The van der Waals surface area contributed by atoms with Crippen LogP contribution in [0.4, 0.5) is 37.7 Å². The fourth-order valence-electron chi connectivity index (χ4n) is 4.69. The van der Waals surface area contributed by atoms with Crippen LogP contribution in [0.3, 0.4) is 0 Å². The first kappa shape index (κ1) is 23.2. The van der Waals surface area contributed by atoms with Crippen molar-refractivity contribution in [1.29, 1.82) is 0 Å². The average molecular weight is 448 g/mol. The van der Waals surface area contributed by atoms with Crippen LogP contribution in [0.25, 0.3) is 0 Å². The highest BCUT2D eigenvalue weighted by Crippen LogP contribution is 2.63. The Balaban J connectivity index is 2.49. The number of hydrogen-bond acceptors (Lipinski definition) is 5. The Bertz CT molecular complexity index is 965. The van der Waals surface area contributed by atoms with Gasteiger partial charge in [-0.3, -0.25) is 0 Å². The van der Waals surface area contributed by atoms with Gasteiger partial charge in [0.05, 0.1) is 12.1 Å². The lowest BCUT2D eigenvalue weighted by atomic mass is 9.51. The topological polar surface area (TPSA) is 124 Å². The van der Waals surface area contributed by atoms with Crippen LogP contribution in [0.15, 0.2) is 48.5 Å². The lowest BCUT2D eigenvalue weighted by Crippen LogP contribution is -2.79. The monoisotopic (exact) mass is 448 g/mol. The van der Waals surface area contributed by atoms with Crippen molar-refractivity contribution < 1.29 is 31.4 Å². The molecule has 11 heteroatoms. The number of nitrogens with two attached hydrogens (primary N) is 4. The first-order chi connectivity index (χ1) is 14.2. The molecule has 0 aliphatic heterocycles. The maximum absolute atomic E-state index is 14.8. The third-order valence-electron chi connectivity index (χ3n) is 6.11. The summed E-state index contributed by atoms with van der Waals surface area (Å²) in [5.41, 5.74) is 14.8. The zero-order valence-corrected chi connectivity index (χ0v) is 16.1. The van der Waals surface area contributed by atoms with Gasteiger partial charge in [0.25, 0.3) is 0 Å². The number of rotatable bonds is 2. The third-order valence-corrected chi connectivity index (χ3v) is 6.11. The number of aliphatic hydroxyl groups excluding tert-OH is 1. The Hall–Kier alpha value is -2.50. The predicted molar refractivity (Wildman–Crippen MR) is 104 cm³/mol. The minimum absolute atomic E-state index is 0.0506. The second kappa shape index (κ2) is 7.28. The third kappa shape index (κ3) is 3.40. The zero-order valence-electron chi connectivity index (χ0n) is 16.1. The smallest absolute Gasteiger partial charge is 0.399 e. The molecule has 0 radical (unpaired) electrons. The van der Waals surface area contributed by atoms with Gasteiger partial charge in [-0.15, -0.1) is 0 Å². The largest absolute Gasteiger partial charge is 0.408 e. The molecule has 5 unspecified atom stereocenters. The molecular weight excluding hydrogens is 426 g/mol. The first-order valence-electron chi connectivity index (χ1n) is 9.23. The molecule has 31 heavy (non-hydrogen) atoms. The lowest BCUT2D eigenvalue weighted by molar-refractivity contribution is -0.267. The maximum atomic E-state index is 14.8. The van der Waals surface area contributed by atoms with Gasteiger partial charge in [0.1, 0.15) is 11.0 Å². The Labute approximate surface area is 174 Å². The van der Waals surface area contributed by atoms with Crippen LogP contribution in [0.5, 0.6) is 0 Å². The number of anilines is 2. The summed E-state index contributed by atoms with van der Waals surface area (Å²) < 4.78 is 87.6. The van der Waals surface area contributed by atoms with E-state index in [4.69, 9.17) is 22.9 Å². The molecule has 0 amide bonds. The number of hydrogen-bond donors (Lipinski definition) is 5. The van der Waals surface area contributed by atoms with Gasteiger partial charge in [-0.1, -0.05) is 24.3 Å². The van der Waals surface area contributed by atoms with Crippen molar-refractivity contribution in [2.75, 3.05) is 11.5 Å². The standard InChI is InChI=1S/C20H22F6N4O/c21-19(22,23)17(11-4-2-6-13(28)8-11)9-14(31)16(29)18(30,20(24,25)26)15(17)10-3-1-5-12(27)7-10/h1-8,14-16,31H,9,27-30H2. The van der Waals surface area contributed by atoms with E-state index in [2.05, 4.69) is 0 Å². The minimum Gasteiger partial charge on any atom is -0.399 e. The van der Waals surface area contributed by atoms with Crippen LogP contribution in [-0.4, -0.2) is 35.1 Å². The molecule has 2 aromatic rings. The van der Waals surface area contributed by atoms with Crippen LogP contribution < -0.4 is 22.9 Å². The molecule has 5 nitrogen and oxygen atoms in total. The van der Waals surface area contributed by atoms with Gasteiger partial charge in [-0.2, -0.15) is 26.3 Å². The molecule has 0 bridgehead atoms. The van der Waals surface area contributed by atoms with Crippen molar-refractivity contribution >= 4 is 11.4 Å². The summed E-state index contributed by atoms with van der Waals surface area (Å²) in [4.78, 5) is 0. The Morgan fingerprint density at radius 1 is 0.871 bits per heavy atom. The van der Waals surface area contributed by atoms with E-state index in [0.717, 1.165) is 24.3 Å². The summed E-state index contributed by atoms with van der Waals surface area (Å²) in [7, 11) is 0. The molecule has 0 saturated heterocycles. The molecule has 5 atom stereocenters. The molecule has 1 fully saturated rings. The number of halogens is 6. The van der Waals surface area contributed by atoms with Crippen molar-refractivity contribution in [2.24, 2.45) is 11.5 Å². The SMILES string of the molecule is Nc1cccc(C2C(c3cccc(N)c3)(C(F)(F)F)CC(O)C(N)C2(N)C(F)(F)F)c1. The Morgan fingerprint density at radius 3 is 1.90 bits per heavy atom. The van der Waals surface area contributed by atoms with Crippen molar-refractivity contribution in [3.05, 3.63) is 59.7 Å². The number of alkyl halides is 6. The van der Waals surface area contributed by atoms with E-state index in [1.165, 1.54) is 24.3 Å². The van der Waals surface area contributed by atoms with Crippen molar-refractivity contribution in [1.82, 2.24) is 0 Å². The van der Waals surface area contributed by atoms with Crippen LogP contribution in [0.1, 0.15) is 23.5 Å². The van der Waals surface area contributed by atoms with Gasteiger partial charge >= 0.3 is 12.4 Å². The van der Waals surface area contributed by atoms with E-state index in [0.29, 0.717) is 0 Å². The summed E-state index contributed by atoms with van der Waals surface area (Å²) in [6.07, 6.45) is -14.0. The fraction of sp³-hybridized carbons (Fsp3) is 0.400. The van der Waals surface area contributed by atoms with Crippen LogP contribution in [0.2, 0.25) is 0 Å². The number of benzene rings is 2. The van der Waals surface area contributed by atoms with E-state index in [9.17, 15) is 31.4 Å². The molecule has 0 aromatic heterocycles. The summed E-state index contributed by atoms with van der Waals surface area (Å²) in [5, 5.41) is 10.4.